The summed E-state index contributed by atoms with van der Waals surface area (Å²) in [5.74, 6) is -1.12. The number of aryl methyl sites for hydroxylation is 1. The number of carbonyl (C=O) groups excluding carboxylic acids is 1. The third-order valence-corrected chi connectivity index (χ3v) is 10.7. The van der Waals surface area contributed by atoms with Crippen LogP contribution in [0.5, 0.6) is 5.75 Å². The molecule has 5 rings (SSSR count). The van der Waals surface area contributed by atoms with Crippen molar-refractivity contribution in [3.63, 3.8) is 0 Å². The van der Waals surface area contributed by atoms with E-state index in [1.54, 1.807) is 75.4 Å². The summed E-state index contributed by atoms with van der Waals surface area (Å²) in [6, 6.07) is 23.0. The highest BCUT2D eigenvalue weighted by molar-refractivity contribution is 7.89. The van der Waals surface area contributed by atoms with Crippen LogP contribution in [0.4, 0.5) is 13.2 Å². The van der Waals surface area contributed by atoms with Gasteiger partial charge in [-0.15, -0.1) is 0 Å². The molecule has 0 amide bonds. The number of hydrogen-bond acceptors (Lipinski definition) is 6. The van der Waals surface area contributed by atoms with Gasteiger partial charge in [-0.25, -0.2) is 8.42 Å². The first-order valence-corrected chi connectivity index (χ1v) is 16.6. The fourth-order valence-corrected chi connectivity index (χ4v) is 7.55. The topological polar surface area (TPSA) is 97.1 Å². The molecule has 5 aromatic rings. The van der Waals surface area contributed by atoms with Crippen LogP contribution in [0, 0.1) is 6.92 Å². The molecule has 4 aromatic carbocycles. The number of fused-ring (bicyclic) bond motifs is 1. The predicted molar refractivity (Wildman–Crippen MR) is 177 cm³/mol. The predicted octanol–water partition coefficient (Wildman–Crippen LogP) is 8.19. The number of Topliss-reactive ketones (excluding diaryl/α,β-unsaturated/α-hetero) is 1. The quantitative estimate of drug-likeness (QED) is 0.151. The van der Waals surface area contributed by atoms with Crippen molar-refractivity contribution in [2.24, 2.45) is 0 Å². The average Bonchev–Trinajstić information content (AvgIpc) is 3.53. The molecule has 0 spiro atoms. The van der Waals surface area contributed by atoms with Crippen molar-refractivity contribution in [3.05, 3.63) is 119 Å². The van der Waals surface area contributed by atoms with Crippen LogP contribution in [0.3, 0.4) is 0 Å². The number of aliphatic hydroxyl groups is 1. The van der Waals surface area contributed by atoms with E-state index < -0.39 is 33.9 Å². The molecule has 0 aliphatic rings. The van der Waals surface area contributed by atoms with Gasteiger partial charge in [0.1, 0.15) is 17.3 Å². The van der Waals surface area contributed by atoms with Crippen LogP contribution in [0.1, 0.15) is 54.5 Å². The van der Waals surface area contributed by atoms with Gasteiger partial charge in [-0.2, -0.15) is 17.5 Å². The molecule has 0 saturated carbocycles. The standard InChI is InChI=1S/C37H36F3NO6S/c1-23-10-11-25-8-6-7-9-31(25)35(23)48(44,45)41(21-30-16-17-34(47-30)37(38,39)40)20-28-14-12-27(19-33(28)46-5)26-13-15-29(22-42)32(18-26)36(3,4)24(2)43/h6-19,42H,20-22H2,1-5H3. The number of ketones is 1. The molecule has 0 atom stereocenters. The molecule has 1 N–H and O–H groups in total. The van der Waals surface area contributed by atoms with Crippen molar-refractivity contribution < 1.29 is 40.6 Å². The molecule has 48 heavy (non-hydrogen) atoms. The zero-order valence-corrected chi connectivity index (χ0v) is 28.0. The van der Waals surface area contributed by atoms with E-state index in [4.69, 9.17) is 9.15 Å². The van der Waals surface area contributed by atoms with Gasteiger partial charge in [-0.05, 0) is 85.2 Å². The van der Waals surface area contributed by atoms with Crippen LogP contribution in [-0.2, 0) is 46.1 Å². The summed E-state index contributed by atoms with van der Waals surface area (Å²) in [6.07, 6.45) is -4.73. The summed E-state index contributed by atoms with van der Waals surface area (Å²) in [7, 11) is -2.88. The first-order valence-electron chi connectivity index (χ1n) is 15.1. The monoisotopic (exact) mass is 679 g/mol. The average molecular weight is 680 g/mol. The van der Waals surface area contributed by atoms with E-state index in [0.717, 1.165) is 22.0 Å². The third-order valence-electron chi connectivity index (χ3n) is 8.75. The summed E-state index contributed by atoms with van der Waals surface area (Å²) in [5.41, 5.74) is 2.84. The molecule has 0 radical (unpaired) electrons. The largest absolute Gasteiger partial charge is 0.496 e. The molecule has 252 valence electrons. The number of furan rings is 1. The molecule has 0 bridgehead atoms. The van der Waals surface area contributed by atoms with Crippen molar-refractivity contribution in [2.75, 3.05) is 7.11 Å². The van der Waals surface area contributed by atoms with Crippen molar-refractivity contribution in [1.82, 2.24) is 4.31 Å². The Labute approximate surface area is 277 Å². The van der Waals surface area contributed by atoms with Crippen LogP contribution >= 0.6 is 0 Å². The van der Waals surface area contributed by atoms with E-state index >= 15 is 0 Å². The number of hydrogen-bond donors (Lipinski definition) is 1. The first-order chi connectivity index (χ1) is 22.6. The van der Waals surface area contributed by atoms with Crippen LogP contribution in [0.15, 0.2) is 94.2 Å². The zero-order chi connectivity index (χ0) is 35.0. The summed E-state index contributed by atoms with van der Waals surface area (Å²) in [4.78, 5) is 12.5. The Morgan fingerprint density at radius 2 is 1.56 bits per heavy atom. The van der Waals surface area contributed by atoms with Gasteiger partial charge in [0.05, 0.1) is 25.2 Å². The van der Waals surface area contributed by atoms with Gasteiger partial charge >= 0.3 is 6.18 Å². The second kappa shape index (κ2) is 13.2. The number of aliphatic hydroxyl groups excluding tert-OH is 1. The third kappa shape index (κ3) is 6.76. The summed E-state index contributed by atoms with van der Waals surface area (Å²) >= 11 is 0. The minimum atomic E-state index is -4.73. The lowest BCUT2D eigenvalue weighted by atomic mass is 9.77. The Balaban J connectivity index is 1.60. The second-order valence-electron chi connectivity index (χ2n) is 12.2. The number of methoxy groups -OCH3 is 1. The number of alkyl halides is 3. The van der Waals surface area contributed by atoms with Crippen LogP contribution in [0.25, 0.3) is 21.9 Å². The Hall–Kier alpha value is -4.45. The van der Waals surface area contributed by atoms with Gasteiger partial charge < -0.3 is 14.3 Å². The number of benzene rings is 4. The van der Waals surface area contributed by atoms with E-state index in [-0.39, 0.29) is 29.6 Å². The molecule has 0 aliphatic heterocycles. The number of rotatable bonds is 11. The molecular formula is C37H36F3NO6S. The second-order valence-corrected chi connectivity index (χ2v) is 14.1. The van der Waals surface area contributed by atoms with Crippen molar-refractivity contribution in [2.45, 2.75) is 63.9 Å². The molecular weight excluding hydrogens is 643 g/mol. The lowest BCUT2D eigenvalue weighted by Gasteiger charge is -2.26. The number of sulfonamides is 1. The van der Waals surface area contributed by atoms with Crippen molar-refractivity contribution in [3.8, 4) is 16.9 Å². The number of halogens is 3. The zero-order valence-electron chi connectivity index (χ0n) is 27.2. The van der Waals surface area contributed by atoms with E-state index in [0.29, 0.717) is 44.3 Å². The smallest absolute Gasteiger partial charge is 0.449 e. The lowest BCUT2D eigenvalue weighted by Crippen LogP contribution is -2.31. The Morgan fingerprint density at radius 1 is 0.896 bits per heavy atom. The highest BCUT2D eigenvalue weighted by Gasteiger charge is 2.36. The van der Waals surface area contributed by atoms with E-state index in [1.165, 1.54) is 14.0 Å². The summed E-state index contributed by atoms with van der Waals surface area (Å²) in [6.45, 7) is 5.79. The maximum atomic E-state index is 14.5. The summed E-state index contributed by atoms with van der Waals surface area (Å²) < 4.78 is 81.0. The maximum Gasteiger partial charge on any atom is 0.449 e. The number of ether oxygens (including phenoxy) is 1. The molecule has 1 aromatic heterocycles. The van der Waals surface area contributed by atoms with Crippen molar-refractivity contribution in [1.29, 1.82) is 0 Å². The maximum absolute atomic E-state index is 14.5. The molecule has 7 nitrogen and oxygen atoms in total. The fraction of sp³-hybridized carbons (Fsp3) is 0.270. The highest BCUT2D eigenvalue weighted by atomic mass is 32.2. The number of carbonyl (C=O) groups is 1. The van der Waals surface area contributed by atoms with Gasteiger partial charge in [-0.3, -0.25) is 4.79 Å². The van der Waals surface area contributed by atoms with Crippen molar-refractivity contribution >= 4 is 26.6 Å². The molecule has 0 saturated heterocycles. The Morgan fingerprint density at radius 3 is 2.19 bits per heavy atom. The first kappa shape index (κ1) is 34.9. The minimum Gasteiger partial charge on any atom is -0.496 e. The Kier molecular flexibility index (Phi) is 9.60. The normalized spacial score (nSPS) is 12.5. The minimum absolute atomic E-state index is 0.0448. The van der Waals surface area contributed by atoms with Crippen LogP contribution in [0.2, 0.25) is 0 Å². The van der Waals surface area contributed by atoms with Gasteiger partial charge in [0.2, 0.25) is 15.8 Å². The van der Waals surface area contributed by atoms with E-state index in [1.807, 2.05) is 18.2 Å². The highest BCUT2D eigenvalue weighted by Crippen LogP contribution is 2.37. The molecule has 1 heterocycles. The fourth-order valence-electron chi connectivity index (χ4n) is 5.75. The molecule has 0 aliphatic carbocycles. The molecule has 11 heteroatoms. The SMILES string of the molecule is COc1cc(-c2ccc(CO)c(C(C)(C)C(C)=O)c2)ccc1CN(Cc1ccc(C(F)(F)F)o1)S(=O)(=O)c1c(C)ccc2ccccc12. The Bertz CT molecular complexity index is 2100. The number of nitrogens with zero attached hydrogens (tertiary/aromatic N) is 1. The van der Waals surface area contributed by atoms with Crippen LogP contribution in [-0.4, -0.2) is 30.7 Å². The van der Waals surface area contributed by atoms with E-state index in [9.17, 15) is 31.5 Å². The molecule has 0 fully saturated rings. The van der Waals surface area contributed by atoms with Crippen LogP contribution < -0.4 is 4.74 Å². The van der Waals surface area contributed by atoms with Gasteiger partial charge in [0.25, 0.3) is 0 Å². The van der Waals surface area contributed by atoms with Gasteiger partial charge in [-0.1, -0.05) is 60.7 Å². The van der Waals surface area contributed by atoms with Gasteiger partial charge in [0.15, 0.2) is 0 Å². The summed E-state index contributed by atoms with van der Waals surface area (Å²) in [5, 5.41) is 11.1. The van der Waals surface area contributed by atoms with E-state index in [2.05, 4.69) is 0 Å². The molecule has 0 unspecified atom stereocenters. The lowest BCUT2D eigenvalue weighted by molar-refractivity contribution is -0.153. The van der Waals surface area contributed by atoms with Gasteiger partial charge in [0, 0.05) is 22.9 Å².